The van der Waals surface area contributed by atoms with Crippen molar-refractivity contribution in [3.05, 3.63) is 70.7 Å². The van der Waals surface area contributed by atoms with Crippen molar-refractivity contribution in [3.63, 3.8) is 0 Å². The quantitative estimate of drug-likeness (QED) is 0.655. The highest BCUT2D eigenvalue weighted by Crippen LogP contribution is 2.22. The van der Waals surface area contributed by atoms with Crippen molar-refractivity contribution < 1.29 is 9.21 Å². The number of para-hydroxylation sites is 2. The Balaban J connectivity index is 1.25. The molecule has 5 heteroatoms. The van der Waals surface area contributed by atoms with Gasteiger partial charge in [0.15, 0.2) is 5.58 Å². The van der Waals surface area contributed by atoms with Crippen LogP contribution >= 0.6 is 0 Å². The molecular formula is C23H26N2O3. The van der Waals surface area contributed by atoms with Gasteiger partial charge in [0.25, 0.3) is 0 Å². The van der Waals surface area contributed by atoms with Crippen molar-refractivity contribution in [2.75, 3.05) is 13.1 Å². The summed E-state index contributed by atoms with van der Waals surface area (Å²) in [7, 11) is 0. The lowest BCUT2D eigenvalue weighted by Crippen LogP contribution is -2.38. The first-order valence-electron chi connectivity index (χ1n) is 10.1. The van der Waals surface area contributed by atoms with Gasteiger partial charge in [-0.15, -0.1) is 0 Å². The normalized spacial score (nSPS) is 15.2. The predicted molar refractivity (Wildman–Crippen MR) is 109 cm³/mol. The van der Waals surface area contributed by atoms with Gasteiger partial charge in [-0.1, -0.05) is 42.5 Å². The minimum Gasteiger partial charge on any atom is -0.408 e. The van der Waals surface area contributed by atoms with Crippen LogP contribution in [0, 0.1) is 5.92 Å². The van der Waals surface area contributed by atoms with E-state index in [1.807, 2.05) is 29.2 Å². The maximum Gasteiger partial charge on any atom is 0.419 e. The highest BCUT2D eigenvalue weighted by molar-refractivity contribution is 5.76. The SMILES string of the molecule is O=C(CCCn1c(=O)oc2ccccc21)N1CCC(Cc2ccccc2)CC1. The van der Waals surface area contributed by atoms with Crippen LogP contribution in [-0.2, 0) is 17.8 Å². The van der Waals surface area contributed by atoms with Crippen molar-refractivity contribution >= 4 is 17.0 Å². The summed E-state index contributed by atoms with van der Waals surface area (Å²) < 4.78 is 6.87. The zero-order valence-electron chi connectivity index (χ0n) is 16.0. The first-order chi connectivity index (χ1) is 13.7. The maximum atomic E-state index is 12.6. The molecule has 1 fully saturated rings. The number of likely N-dealkylation sites (tertiary alicyclic amines) is 1. The molecule has 3 aromatic rings. The van der Waals surface area contributed by atoms with E-state index in [0.29, 0.717) is 30.9 Å². The van der Waals surface area contributed by atoms with Gasteiger partial charge in [-0.2, -0.15) is 0 Å². The Hall–Kier alpha value is -2.82. The number of carbonyl (C=O) groups excluding carboxylic acids is 1. The third-order valence-electron chi connectivity index (χ3n) is 5.68. The van der Waals surface area contributed by atoms with Crippen LogP contribution in [0.3, 0.4) is 0 Å². The van der Waals surface area contributed by atoms with Gasteiger partial charge in [-0.25, -0.2) is 4.79 Å². The molecular weight excluding hydrogens is 352 g/mol. The average molecular weight is 378 g/mol. The van der Waals surface area contributed by atoms with Crippen molar-refractivity contribution in [1.82, 2.24) is 9.47 Å². The molecule has 4 rings (SSSR count). The molecule has 0 unspecified atom stereocenters. The summed E-state index contributed by atoms with van der Waals surface area (Å²) in [6.45, 7) is 2.18. The topological polar surface area (TPSA) is 55.5 Å². The smallest absolute Gasteiger partial charge is 0.408 e. The standard InChI is InChI=1S/C23H26N2O3/c26-22(11-6-14-25-20-9-4-5-10-21(20)28-23(25)27)24-15-12-19(13-16-24)17-18-7-2-1-3-8-18/h1-5,7-10,19H,6,11-17H2. The number of fused-ring (bicyclic) bond motifs is 1. The second-order valence-electron chi connectivity index (χ2n) is 7.60. The molecule has 2 aromatic carbocycles. The van der Waals surface area contributed by atoms with Gasteiger partial charge in [0.2, 0.25) is 5.91 Å². The largest absolute Gasteiger partial charge is 0.419 e. The summed E-state index contributed by atoms with van der Waals surface area (Å²) in [4.78, 5) is 26.5. The Morgan fingerprint density at radius 2 is 1.71 bits per heavy atom. The molecule has 5 nitrogen and oxygen atoms in total. The molecule has 1 saturated heterocycles. The van der Waals surface area contributed by atoms with Crippen LogP contribution in [0.15, 0.2) is 63.8 Å². The maximum absolute atomic E-state index is 12.6. The van der Waals surface area contributed by atoms with Crippen LogP contribution in [0.2, 0.25) is 0 Å². The van der Waals surface area contributed by atoms with E-state index in [4.69, 9.17) is 4.42 Å². The van der Waals surface area contributed by atoms with E-state index < -0.39 is 0 Å². The Morgan fingerprint density at radius 3 is 2.50 bits per heavy atom. The number of aromatic nitrogens is 1. The lowest BCUT2D eigenvalue weighted by molar-refractivity contribution is -0.132. The van der Waals surface area contributed by atoms with Gasteiger partial charge in [0, 0.05) is 26.1 Å². The number of piperidine rings is 1. The molecule has 0 spiro atoms. The van der Waals surface area contributed by atoms with Crippen LogP contribution in [0.4, 0.5) is 0 Å². The Labute approximate surface area is 164 Å². The Kier molecular flexibility index (Phi) is 5.60. The summed E-state index contributed by atoms with van der Waals surface area (Å²) in [6, 6.07) is 18.0. The van der Waals surface area contributed by atoms with E-state index in [1.165, 1.54) is 5.56 Å². The Morgan fingerprint density at radius 1 is 1.00 bits per heavy atom. The second-order valence-corrected chi connectivity index (χ2v) is 7.60. The first kappa shape index (κ1) is 18.5. The molecule has 1 amide bonds. The number of oxazole rings is 1. The van der Waals surface area contributed by atoms with Crippen molar-refractivity contribution in [2.45, 2.75) is 38.6 Å². The molecule has 1 aliphatic rings. The predicted octanol–water partition coefficient (Wildman–Crippen LogP) is 3.86. The number of amides is 1. The number of hydrogen-bond acceptors (Lipinski definition) is 3. The average Bonchev–Trinajstić information content (AvgIpc) is 3.04. The van der Waals surface area contributed by atoms with E-state index >= 15 is 0 Å². The highest BCUT2D eigenvalue weighted by Gasteiger charge is 2.22. The summed E-state index contributed by atoms with van der Waals surface area (Å²) >= 11 is 0. The van der Waals surface area contributed by atoms with Gasteiger partial charge in [0.05, 0.1) is 5.52 Å². The third kappa shape index (κ3) is 4.19. The first-order valence-corrected chi connectivity index (χ1v) is 10.1. The second kappa shape index (κ2) is 8.46. The van der Waals surface area contributed by atoms with E-state index in [1.54, 1.807) is 10.6 Å². The third-order valence-corrected chi connectivity index (χ3v) is 5.68. The monoisotopic (exact) mass is 378 g/mol. The molecule has 0 aliphatic carbocycles. The summed E-state index contributed by atoms with van der Waals surface area (Å²) in [5, 5.41) is 0. The molecule has 146 valence electrons. The molecule has 2 heterocycles. The molecule has 0 radical (unpaired) electrons. The van der Waals surface area contributed by atoms with Crippen LogP contribution in [0.1, 0.15) is 31.2 Å². The minimum atomic E-state index is -0.352. The molecule has 1 aliphatic heterocycles. The highest BCUT2D eigenvalue weighted by atomic mass is 16.4. The van der Waals surface area contributed by atoms with E-state index in [0.717, 1.165) is 37.9 Å². The summed E-state index contributed by atoms with van der Waals surface area (Å²) in [5.74, 6) is 0.497. The lowest BCUT2D eigenvalue weighted by Gasteiger charge is -2.32. The van der Waals surface area contributed by atoms with Crippen LogP contribution in [0.5, 0.6) is 0 Å². The lowest BCUT2D eigenvalue weighted by atomic mass is 9.90. The fraction of sp³-hybridized carbons (Fsp3) is 0.391. The van der Waals surface area contributed by atoms with Crippen molar-refractivity contribution in [1.29, 1.82) is 0 Å². The molecule has 1 aromatic heterocycles. The summed E-state index contributed by atoms with van der Waals surface area (Å²) in [6.07, 6.45) is 4.33. The van der Waals surface area contributed by atoms with Gasteiger partial charge in [-0.05, 0) is 49.3 Å². The van der Waals surface area contributed by atoms with Crippen LogP contribution in [0.25, 0.3) is 11.1 Å². The summed E-state index contributed by atoms with van der Waals surface area (Å²) in [5.41, 5.74) is 2.77. The van der Waals surface area contributed by atoms with Gasteiger partial charge < -0.3 is 9.32 Å². The number of nitrogens with zero attached hydrogens (tertiary/aromatic N) is 2. The fourth-order valence-electron chi connectivity index (χ4n) is 4.11. The molecule has 0 saturated carbocycles. The molecule has 0 atom stereocenters. The minimum absolute atomic E-state index is 0.194. The van der Waals surface area contributed by atoms with E-state index in [-0.39, 0.29) is 11.7 Å². The number of hydrogen-bond donors (Lipinski definition) is 0. The number of rotatable bonds is 6. The Bertz CT molecular complexity index is 982. The van der Waals surface area contributed by atoms with E-state index in [2.05, 4.69) is 24.3 Å². The van der Waals surface area contributed by atoms with Gasteiger partial charge in [-0.3, -0.25) is 9.36 Å². The number of benzene rings is 2. The molecule has 28 heavy (non-hydrogen) atoms. The molecule has 0 N–H and O–H groups in total. The van der Waals surface area contributed by atoms with Crippen molar-refractivity contribution in [2.24, 2.45) is 5.92 Å². The molecule has 0 bridgehead atoms. The number of aryl methyl sites for hydroxylation is 1. The van der Waals surface area contributed by atoms with Crippen molar-refractivity contribution in [3.8, 4) is 0 Å². The zero-order valence-corrected chi connectivity index (χ0v) is 16.0. The van der Waals surface area contributed by atoms with Crippen LogP contribution < -0.4 is 5.76 Å². The fourth-order valence-corrected chi connectivity index (χ4v) is 4.11. The van der Waals surface area contributed by atoms with E-state index in [9.17, 15) is 9.59 Å². The van der Waals surface area contributed by atoms with Gasteiger partial charge >= 0.3 is 5.76 Å². The zero-order chi connectivity index (χ0) is 19.3. The van der Waals surface area contributed by atoms with Crippen LogP contribution in [-0.4, -0.2) is 28.5 Å². The number of carbonyl (C=O) groups is 1. The van der Waals surface area contributed by atoms with Gasteiger partial charge in [0.1, 0.15) is 0 Å².